The molecular formula is C82H149NO13. The summed E-state index contributed by atoms with van der Waals surface area (Å²) in [5.74, 6) is -0.249. The number of nitrogens with one attached hydrogen (secondary N) is 1. The summed E-state index contributed by atoms with van der Waals surface area (Å²) in [5, 5.41) is 87.6. The molecule has 96 heavy (non-hydrogen) atoms. The molecule has 0 aromatic rings. The van der Waals surface area contributed by atoms with Gasteiger partial charge in [0.15, 0.2) is 12.6 Å². The van der Waals surface area contributed by atoms with E-state index in [4.69, 9.17) is 18.9 Å². The SMILES string of the molecule is CCCCCCC/C=C\C/C=C\C/C=C\CCCCCCCCCCCCCCCCCCCCC(=O)NC(COC1OC(CO)C(OC2OC(CO)C(O)C(O)C2O)C(O)C1O)C(O)/C=C/CC/C=C/CC/C=C/CCCCCCCCCCCCCCCCCCCCC. The van der Waals surface area contributed by atoms with Gasteiger partial charge in [0.25, 0.3) is 0 Å². The van der Waals surface area contributed by atoms with Crippen LogP contribution in [0.4, 0.5) is 0 Å². The average Bonchev–Trinajstić information content (AvgIpc) is 0.812. The minimum Gasteiger partial charge on any atom is -0.394 e. The molecule has 9 N–H and O–H groups in total. The third-order valence-electron chi connectivity index (χ3n) is 19.3. The summed E-state index contributed by atoms with van der Waals surface area (Å²) >= 11 is 0. The van der Waals surface area contributed by atoms with Crippen LogP contribution in [-0.2, 0) is 23.7 Å². The van der Waals surface area contributed by atoms with Crippen LogP contribution in [0.25, 0.3) is 0 Å². The maximum absolute atomic E-state index is 13.4. The second kappa shape index (κ2) is 65.7. The predicted octanol–water partition coefficient (Wildman–Crippen LogP) is 18.1. The highest BCUT2D eigenvalue weighted by atomic mass is 16.7. The molecule has 2 fully saturated rings. The van der Waals surface area contributed by atoms with Crippen LogP contribution in [0.2, 0.25) is 0 Å². The lowest BCUT2D eigenvalue weighted by molar-refractivity contribution is -0.359. The number of hydrogen-bond acceptors (Lipinski definition) is 13. The smallest absolute Gasteiger partial charge is 0.220 e. The van der Waals surface area contributed by atoms with E-state index in [9.17, 15) is 45.6 Å². The van der Waals surface area contributed by atoms with Crippen molar-refractivity contribution in [3.8, 4) is 0 Å². The van der Waals surface area contributed by atoms with Crippen LogP contribution in [0.15, 0.2) is 72.9 Å². The Balaban J connectivity index is 1.64. The van der Waals surface area contributed by atoms with Crippen molar-refractivity contribution in [3.05, 3.63) is 72.9 Å². The van der Waals surface area contributed by atoms with Gasteiger partial charge in [-0.05, 0) is 83.5 Å². The van der Waals surface area contributed by atoms with Crippen LogP contribution in [0.3, 0.4) is 0 Å². The van der Waals surface area contributed by atoms with Gasteiger partial charge < -0.3 is 65.1 Å². The fraction of sp³-hybridized carbons (Fsp3) is 0.841. The zero-order valence-electron chi connectivity index (χ0n) is 61.4. The second-order valence-corrected chi connectivity index (χ2v) is 28.2. The Morgan fingerprint density at radius 1 is 0.375 bits per heavy atom. The largest absolute Gasteiger partial charge is 0.394 e. The van der Waals surface area contributed by atoms with Crippen molar-refractivity contribution in [3.63, 3.8) is 0 Å². The molecule has 0 saturated carbocycles. The van der Waals surface area contributed by atoms with Crippen molar-refractivity contribution in [2.75, 3.05) is 19.8 Å². The van der Waals surface area contributed by atoms with E-state index in [2.05, 4.69) is 79.9 Å². The standard InChI is InChI=1S/C82H149NO13/c1-3-5-7-9-11-13-15-17-19-21-23-25-27-29-31-33-34-35-36-38-40-42-44-46-48-50-52-54-56-58-60-62-64-66-74(87)83-70(69-93-81-79(92)77(90)80(73(68-85)95-81)96-82-78(91)76(89)75(88)72(67-84)94-82)71(86)65-63-61-59-57-55-53-51-49-47-45-43-41-39-37-32-30-28-26-24-22-20-18-16-14-12-10-8-6-4-2/h15,17,21,23,27,29,47,49,55,57,63,65,70-73,75-82,84-86,88-92H,3-14,16,18-20,22,24-26,28,30-46,48,50-54,56,58-62,64,66-69H2,1-2H3,(H,83,87)/b17-15-,23-21-,29-27-,49-47+,57-55+,65-63+. The molecule has 2 rings (SSSR count). The number of carbonyl (C=O) groups excluding carboxylic acids is 1. The lowest BCUT2D eigenvalue weighted by atomic mass is 9.97. The summed E-state index contributed by atoms with van der Waals surface area (Å²) in [6.07, 6.45) is 74.1. The molecule has 1 amide bonds. The van der Waals surface area contributed by atoms with Crippen molar-refractivity contribution in [2.24, 2.45) is 0 Å². The van der Waals surface area contributed by atoms with Crippen LogP contribution in [0, 0.1) is 0 Å². The summed E-state index contributed by atoms with van der Waals surface area (Å²) in [6.45, 7) is 2.81. The Morgan fingerprint density at radius 2 is 0.698 bits per heavy atom. The van der Waals surface area contributed by atoms with Crippen molar-refractivity contribution >= 4 is 5.91 Å². The Morgan fingerprint density at radius 3 is 1.09 bits per heavy atom. The quantitative estimate of drug-likeness (QED) is 0.0204. The number of unbranched alkanes of at least 4 members (excludes halogenated alkanes) is 44. The number of allylic oxidation sites excluding steroid dienone is 11. The summed E-state index contributed by atoms with van der Waals surface area (Å²) in [5.41, 5.74) is 0. The van der Waals surface area contributed by atoms with Gasteiger partial charge in [0.1, 0.15) is 48.8 Å². The number of ether oxygens (including phenoxy) is 4. The molecule has 14 heteroatoms. The average molecular weight is 1360 g/mol. The van der Waals surface area contributed by atoms with Crippen molar-refractivity contribution < 1.29 is 64.6 Å². The molecule has 14 nitrogen and oxygen atoms in total. The Labute approximate surface area is 587 Å². The normalized spacial score (nSPS) is 22.6. The Bertz CT molecular complexity index is 1890. The van der Waals surface area contributed by atoms with Crippen LogP contribution >= 0.6 is 0 Å². The van der Waals surface area contributed by atoms with Gasteiger partial charge >= 0.3 is 0 Å². The van der Waals surface area contributed by atoms with Gasteiger partial charge in [-0.25, -0.2) is 0 Å². The Kier molecular flexibility index (Phi) is 61.3. The molecule has 2 heterocycles. The maximum atomic E-state index is 13.4. The zero-order valence-corrected chi connectivity index (χ0v) is 61.4. The van der Waals surface area contributed by atoms with Gasteiger partial charge in [-0.15, -0.1) is 0 Å². The van der Waals surface area contributed by atoms with Gasteiger partial charge in [0.05, 0.1) is 32.0 Å². The van der Waals surface area contributed by atoms with Gasteiger partial charge in [-0.2, -0.15) is 0 Å². The van der Waals surface area contributed by atoms with E-state index < -0.39 is 86.8 Å². The molecule has 0 spiro atoms. The maximum Gasteiger partial charge on any atom is 0.220 e. The summed E-state index contributed by atoms with van der Waals surface area (Å²) in [4.78, 5) is 13.4. The number of hydrogen-bond donors (Lipinski definition) is 9. The minimum atomic E-state index is -1.80. The lowest BCUT2D eigenvalue weighted by Crippen LogP contribution is -2.65. The summed E-state index contributed by atoms with van der Waals surface area (Å²) in [7, 11) is 0. The molecule has 12 atom stereocenters. The number of carbonyl (C=O) groups is 1. The van der Waals surface area contributed by atoms with E-state index in [1.807, 2.05) is 6.08 Å². The molecule has 12 unspecified atom stereocenters. The minimum absolute atomic E-state index is 0.249. The van der Waals surface area contributed by atoms with Crippen LogP contribution in [0.1, 0.15) is 348 Å². The molecule has 0 aromatic heterocycles. The van der Waals surface area contributed by atoms with E-state index in [1.54, 1.807) is 6.08 Å². The van der Waals surface area contributed by atoms with Crippen LogP contribution < -0.4 is 5.32 Å². The number of aliphatic hydroxyl groups is 8. The molecule has 2 aliphatic heterocycles. The van der Waals surface area contributed by atoms with Crippen molar-refractivity contribution in [1.29, 1.82) is 0 Å². The van der Waals surface area contributed by atoms with Crippen LogP contribution in [0.5, 0.6) is 0 Å². The first-order chi connectivity index (χ1) is 47.1. The topological polar surface area (TPSA) is 228 Å². The molecule has 0 radical (unpaired) electrons. The second-order valence-electron chi connectivity index (χ2n) is 28.2. The fourth-order valence-electron chi connectivity index (χ4n) is 13.0. The van der Waals surface area contributed by atoms with E-state index in [0.717, 1.165) is 57.8 Å². The van der Waals surface area contributed by atoms with Gasteiger partial charge in [0, 0.05) is 6.42 Å². The number of amides is 1. The monoisotopic (exact) mass is 1360 g/mol. The number of rotatable bonds is 67. The van der Waals surface area contributed by atoms with Gasteiger partial charge in [0.2, 0.25) is 5.91 Å². The fourth-order valence-corrected chi connectivity index (χ4v) is 13.0. The molecule has 2 aliphatic rings. The molecule has 2 saturated heterocycles. The Hall–Kier alpha value is -2.57. The molecule has 0 bridgehead atoms. The highest BCUT2D eigenvalue weighted by Crippen LogP contribution is 2.30. The zero-order chi connectivity index (χ0) is 69.4. The first kappa shape index (κ1) is 89.5. The molecule has 0 aromatic carbocycles. The molecular weight excluding hydrogens is 1210 g/mol. The van der Waals surface area contributed by atoms with E-state index in [-0.39, 0.29) is 18.9 Å². The third kappa shape index (κ3) is 48.3. The van der Waals surface area contributed by atoms with Crippen LogP contribution in [-0.4, -0.2) is 140 Å². The lowest BCUT2D eigenvalue weighted by Gasteiger charge is -2.46. The van der Waals surface area contributed by atoms with E-state index in [0.29, 0.717) is 12.8 Å². The number of aliphatic hydroxyl groups excluding tert-OH is 8. The van der Waals surface area contributed by atoms with E-state index in [1.165, 1.54) is 257 Å². The highest BCUT2D eigenvalue weighted by molar-refractivity contribution is 5.76. The van der Waals surface area contributed by atoms with Crippen molar-refractivity contribution in [2.45, 2.75) is 421 Å². The highest BCUT2D eigenvalue weighted by Gasteiger charge is 2.51. The molecule has 560 valence electrons. The van der Waals surface area contributed by atoms with Crippen molar-refractivity contribution in [1.82, 2.24) is 5.32 Å². The van der Waals surface area contributed by atoms with Gasteiger partial charge in [-0.3, -0.25) is 4.79 Å². The van der Waals surface area contributed by atoms with Gasteiger partial charge in [-0.1, -0.05) is 331 Å². The first-order valence-electron chi connectivity index (χ1n) is 40.2. The first-order valence-corrected chi connectivity index (χ1v) is 40.2. The molecule has 0 aliphatic carbocycles. The summed E-state index contributed by atoms with van der Waals surface area (Å²) in [6, 6.07) is -0.942. The predicted molar refractivity (Wildman–Crippen MR) is 397 cm³/mol. The third-order valence-corrected chi connectivity index (χ3v) is 19.3. The van der Waals surface area contributed by atoms with E-state index >= 15 is 0 Å². The summed E-state index contributed by atoms with van der Waals surface area (Å²) < 4.78 is 22.9.